The summed E-state index contributed by atoms with van der Waals surface area (Å²) in [5, 5.41) is 18.6. The van der Waals surface area contributed by atoms with Gasteiger partial charge < -0.3 is 15.2 Å². The molecule has 0 spiro atoms. The first-order chi connectivity index (χ1) is 13.9. The van der Waals surface area contributed by atoms with Gasteiger partial charge >= 0.3 is 5.97 Å². The molecule has 1 atom stereocenters. The van der Waals surface area contributed by atoms with Crippen LogP contribution in [0, 0.1) is 5.82 Å². The second-order valence-electron chi connectivity index (χ2n) is 5.95. The summed E-state index contributed by atoms with van der Waals surface area (Å²) in [5.41, 5.74) is 1.50. The molecule has 0 bridgehead atoms. The van der Waals surface area contributed by atoms with Crippen molar-refractivity contribution in [3.05, 3.63) is 64.4 Å². The zero-order chi connectivity index (χ0) is 20.8. The quantitative estimate of drug-likeness (QED) is 0.512. The Kier molecular flexibility index (Phi) is 6.84. The molecular weight excluding hydrogens is 421 g/mol. The number of amides is 1. The molecule has 3 rings (SSSR count). The molecule has 1 unspecified atom stereocenters. The van der Waals surface area contributed by atoms with E-state index in [9.17, 15) is 14.0 Å². The minimum absolute atomic E-state index is 0.0465. The first kappa shape index (κ1) is 20.8. The second-order valence-corrected chi connectivity index (χ2v) is 7.55. The van der Waals surface area contributed by atoms with Crippen molar-refractivity contribution in [3.63, 3.8) is 0 Å². The number of nitrogens with one attached hydrogen (secondary N) is 1. The van der Waals surface area contributed by atoms with E-state index in [1.807, 2.05) is 0 Å². The van der Waals surface area contributed by atoms with E-state index in [1.54, 1.807) is 30.3 Å². The molecule has 150 valence electrons. The number of benzene rings is 2. The molecule has 0 aromatic heterocycles. The molecular formula is C19H15ClFN3O4S. The maximum absolute atomic E-state index is 13.2. The van der Waals surface area contributed by atoms with Gasteiger partial charge in [0.15, 0.2) is 5.17 Å². The van der Waals surface area contributed by atoms with Crippen molar-refractivity contribution < 1.29 is 23.8 Å². The molecule has 0 saturated carbocycles. The summed E-state index contributed by atoms with van der Waals surface area (Å²) in [6.45, 7) is 0.246. The van der Waals surface area contributed by atoms with Crippen LogP contribution in [0.15, 0.2) is 52.7 Å². The molecule has 29 heavy (non-hydrogen) atoms. The van der Waals surface area contributed by atoms with E-state index >= 15 is 0 Å². The zero-order valence-corrected chi connectivity index (χ0v) is 16.4. The third-order valence-electron chi connectivity index (χ3n) is 3.76. The van der Waals surface area contributed by atoms with Crippen LogP contribution in [0.3, 0.4) is 0 Å². The molecule has 0 aliphatic carbocycles. The van der Waals surface area contributed by atoms with Crippen LogP contribution in [0.4, 0.5) is 4.39 Å². The molecule has 1 saturated heterocycles. The fourth-order valence-electron chi connectivity index (χ4n) is 2.34. The molecule has 1 aliphatic heterocycles. The second kappa shape index (κ2) is 9.53. The van der Waals surface area contributed by atoms with Gasteiger partial charge in [0.1, 0.15) is 23.4 Å². The lowest BCUT2D eigenvalue weighted by Crippen LogP contribution is -2.26. The van der Waals surface area contributed by atoms with Crippen LogP contribution in [0.5, 0.6) is 5.75 Å². The van der Waals surface area contributed by atoms with Gasteiger partial charge in [-0.3, -0.25) is 9.59 Å². The first-order valence-corrected chi connectivity index (χ1v) is 9.63. The van der Waals surface area contributed by atoms with Crippen molar-refractivity contribution in [3.8, 4) is 5.75 Å². The highest BCUT2D eigenvalue weighted by Crippen LogP contribution is 2.22. The summed E-state index contributed by atoms with van der Waals surface area (Å²) in [6.07, 6.45) is 1.22. The Morgan fingerprint density at radius 2 is 2.07 bits per heavy atom. The van der Waals surface area contributed by atoms with Crippen molar-refractivity contribution in [1.82, 2.24) is 5.32 Å². The number of nitrogens with zero attached hydrogens (tertiary/aromatic N) is 2. The van der Waals surface area contributed by atoms with Crippen molar-refractivity contribution in [1.29, 1.82) is 0 Å². The molecule has 1 aliphatic rings. The number of carboxylic acids is 1. The van der Waals surface area contributed by atoms with Gasteiger partial charge in [-0.05, 0) is 47.5 Å². The molecule has 10 heteroatoms. The van der Waals surface area contributed by atoms with Gasteiger partial charge in [-0.25, -0.2) is 4.39 Å². The lowest BCUT2D eigenvalue weighted by atomic mass is 10.2. The highest BCUT2D eigenvalue weighted by atomic mass is 35.5. The number of halogens is 2. The van der Waals surface area contributed by atoms with Crippen LogP contribution in [0.2, 0.25) is 5.02 Å². The molecule has 2 N–H and O–H groups in total. The van der Waals surface area contributed by atoms with E-state index in [4.69, 9.17) is 21.4 Å². The maximum atomic E-state index is 13.2. The van der Waals surface area contributed by atoms with Gasteiger partial charge in [-0.2, -0.15) is 5.10 Å². The van der Waals surface area contributed by atoms with Crippen molar-refractivity contribution in [2.45, 2.75) is 18.3 Å². The maximum Gasteiger partial charge on any atom is 0.305 e. The van der Waals surface area contributed by atoms with Gasteiger partial charge in [0.25, 0.3) is 0 Å². The Bertz CT molecular complexity index is 982. The number of carbonyl (C=O) groups excluding carboxylic acids is 1. The number of ether oxygens (including phenoxy) is 1. The number of carbonyl (C=O) groups is 2. The molecule has 0 radical (unpaired) electrons. The summed E-state index contributed by atoms with van der Waals surface area (Å²) >= 11 is 6.78. The van der Waals surface area contributed by atoms with Crippen LogP contribution < -0.4 is 10.1 Å². The van der Waals surface area contributed by atoms with Crippen LogP contribution in [0.1, 0.15) is 17.5 Å². The van der Waals surface area contributed by atoms with Crippen LogP contribution in [-0.2, 0) is 16.2 Å². The fraction of sp³-hybridized carbons (Fsp3) is 0.158. The lowest BCUT2D eigenvalue weighted by molar-refractivity contribution is -0.138. The minimum atomic E-state index is -1.05. The SMILES string of the molecule is O=C(O)CC1SC(=NN=Cc2ccc(OCc3ccc(F)c(Cl)c3)cc2)NC1=O. The lowest BCUT2D eigenvalue weighted by Gasteiger charge is -2.07. The minimum Gasteiger partial charge on any atom is -0.489 e. The van der Waals surface area contributed by atoms with Crippen molar-refractivity contribution in [2.24, 2.45) is 10.2 Å². The normalized spacial score (nSPS) is 17.7. The summed E-state index contributed by atoms with van der Waals surface area (Å²) in [5.74, 6) is -1.30. The molecule has 2 aromatic rings. The first-order valence-electron chi connectivity index (χ1n) is 8.38. The molecule has 7 nitrogen and oxygen atoms in total. The monoisotopic (exact) mass is 435 g/mol. The van der Waals surface area contributed by atoms with E-state index in [0.29, 0.717) is 5.75 Å². The summed E-state index contributed by atoms with van der Waals surface area (Å²) in [7, 11) is 0. The Labute approximate surface area is 174 Å². The van der Waals surface area contributed by atoms with Gasteiger partial charge in [0.05, 0.1) is 17.7 Å². The third kappa shape index (κ3) is 6.03. The highest BCUT2D eigenvalue weighted by Gasteiger charge is 2.32. The molecule has 1 amide bonds. The van der Waals surface area contributed by atoms with Gasteiger partial charge in [0.2, 0.25) is 5.91 Å². The number of hydrogen-bond acceptors (Lipinski definition) is 6. The Morgan fingerprint density at radius 3 is 2.76 bits per heavy atom. The van der Waals surface area contributed by atoms with Gasteiger partial charge in [-0.15, -0.1) is 5.10 Å². The van der Waals surface area contributed by atoms with E-state index in [1.165, 1.54) is 18.3 Å². The Balaban J connectivity index is 1.53. The van der Waals surface area contributed by atoms with E-state index in [-0.39, 0.29) is 23.2 Å². The van der Waals surface area contributed by atoms with Crippen molar-refractivity contribution >= 4 is 46.6 Å². The van der Waals surface area contributed by atoms with Crippen molar-refractivity contribution in [2.75, 3.05) is 0 Å². The predicted molar refractivity (Wildman–Crippen MR) is 109 cm³/mol. The van der Waals surface area contributed by atoms with Gasteiger partial charge in [0, 0.05) is 0 Å². The Morgan fingerprint density at radius 1 is 1.31 bits per heavy atom. The van der Waals surface area contributed by atoms with E-state index < -0.39 is 22.9 Å². The topological polar surface area (TPSA) is 100 Å². The van der Waals surface area contributed by atoms with Gasteiger partial charge in [-0.1, -0.05) is 29.4 Å². The number of carboxylic acid groups (broad SMARTS) is 1. The number of aliphatic carboxylic acids is 1. The van der Waals surface area contributed by atoms with Crippen LogP contribution in [-0.4, -0.2) is 33.6 Å². The smallest absolute Gasteiger partial charge is 0.305 e. The molecule has 2 aromatic carbocycles. The fourth-order valence-corrected chi connectivity index (χ4v) is 3.46. The summed E-state index contributed by atoms with van der Waals surface area (Å²) in [4.78, 5) is 22.3. The summed E-state index contributed by atoms with van der Waals surface area (Å²) < 4.78 is 18.8. The molecule has 1 fully saturated rings. The summed E-state index contributed by atoms with van der Waals surface area (Å²) in [6, 6.07) is 11.4. The van der Waals surface area contributed by atoms with Crippen LogP contribution in [0.25, 0.3) is 0 Å². The van der Waals surface area contributed by atoms with Crippen LogP contribution >= 0.6 is 23.4 Å². The van der Waals surface area contributed by atoms with E-state index in [0.717, 1.165) is 22.9 Å². The molecule has 1 heterocycles. The third-order valence-corrected chi connectivity index (χ3v) is 5.12. The number of amidine groups is 1. The highest BCUT2D eigenvalue weighted by molar-refractivity contribution is 8.15. The zero-order valence-electron chi connectivity index (χ0n) is 14.8. The number of rotatable bonds is 7. The number of hydrogen-bond donors (Lipinski definition) is 2. The average Bonchev–Trinajstić information content (AvgIpc) is 3.02. The Hall–Kier alpha value is -2.91. The predicted octanol–water partition coefficient (Wildman–Crippen LogP) is 3.45. The largest absolute Gasteiger partial charge is 0.489 e. The standard InChI is InChI=1S/C19H15ClFN3O4S/c20-14-7-12(3-6-15(14)21)10-28-13-4-1-11(2-5-13)9-22-24-19-23-18(27)16(29-19)8-17(25)26/h1-7,9,16H,8,10H2,(H,25,26)(H,23,24,27). The van der Waals surface area contributed by atoms with E-state index in [2.05, 4.69) is 15.5 Å². The number of thioether (sulfide) groups is 1. The average molecular weight is 436 g/mol.